The first-order chi connectivity index (χ1) is 14.6. The van der Waals surface area contributed by atoms with Crippen molar-refractivity contribution in [3.63, 3.8) is 0 Å². The summed E-state index contributed by atoms with van der Waals surface area (Å²) in [7, 11) is 4.02. The Morgan fingerprint density at radius 1 is 1.13 bits per heavy atom. The summed E-state index contributed by atoms with van der Waals surface area (Å²) in [5, 5.41) is 10.1. The highest BCUT2D eigenvalue weighted by Gasteiger charge is 2.12. The lowest BCUT2D eigenvalue weighted by Gasteiger charge is -2.13. The van der Waals surface area contributed by atoms with Crippen LogP contribution in [-0.2, 0) is 17.8 Å². The minimum absolute atomic E-state index is 0.122. The van der Waals surface area contributed by atoms with Crippen LogP contribution in [-0.4, -0.2) is 39.8 Å². The number of benzene rings is 1. The van der Waals surface area contributed by atoms with Crippen LogP contribution >= 0.6 is 11.3 Å². The van der Waals surface area contributed by atoms with Crippen molar-refractivity contribution >= 4 is 28.7 Å². The molecule has 0 fully saturated rings. The quantitative estimate of drug-likeness (QED) is 0.495. The smallest absolute Gasteiger partial charge is 0.231 e. The first-order valence-corrected chi connectivity index (χ1v) is 10.4. The zero-order valence-corrected chi connectivity index (χ0v) is 17.6. The number of anilines is 2. The van der Waals surface area contributed by atoms with E-state index in [2.05, 4.69) is 49.5 Å². The van der Waals surface area contributed by atoms with Crippen LogP contribution in [0.3, 0.4) is 0 Å². The summed E-state index contributed by atoms with van der Waals surface area (Å²) in [4.78, 5) is 23.3. The van der Waals surface area contributed by atoms with Gasteiger partial charge in [0.05, 0.1) is 24.9 Å². The van der Waals surface area contributed by atoms with E-state index < -0.39 is 0 Å². The Bertz CT molecular complexity index is 1120. The summed E-state index contributed by atoms with van der Waals surface area (Å²) >= 11 is 1.51. The molecule has 1 N–H and O–H groups in total. The zero-order chi connectivity index (χ0) is 20.9. The third kappa shape index (κ3) is 4.72. The lowest BCUT2D eigenvalue weighted by Crippen LogP contribution is -2.18. The SMILES string of the molecule is CN(C)c1ccc(Cn2nccc2NC(=O)Cc2csc(-c3cccnc3)n2)cc1. The molecular weight excluding hydrogens is 396 g/mol. The Balaban J connectivity index is 1.39. The van der Waals surface area contributed by atoms with Crippen LogP contribution in [0.1, 0.15) is 11.3 Å². The normalized spacial score (nSPS) is 10.7. The van der Waals surface area contributed by atoms with Crippen molar-refractivity contribution in [2.75, 3.05) is 24.3 Å². The van der Waals surface area contributed by atoms with E-state index in [-0.39, 0.29) is 12.3 Å². The molecule has 1 aromatic carbocycles. The number of hydrogen-bond acceptors (Lipinski definition) is 6. The Kier molecular flexibility index (Phi) is 5.85. The molecule has 3 aromatic heterocycles. The summed E-state index contributed by atoms with van der Waals surface area (Å²) in [6.45, 7) is 0.582. The Hall–Kier alpha value is -3.52. The van der Waals surface area contributed by atoms with Crippen molar-refractivity contribution in [1.82, 2.24) is 19.7 Å². The van der Waals surface area contributed by atoms with E-state index >= 15 is 0 Å². The second-order valence-corrected chi connectivity index (χ2v) is 7.90. The summed E-state index contributed by atoms with van der Waals surface area (Å²) < 4.78 is 1.78. The van der Waals surface area contributed by atoms with Crippen molar-refractivity contribution in [3.8, 4) is 10.6 Å². The van der Waals surface area contributed by atoms with E-state index in [1.165, 1.54) is 11.3 Å². The molecule has 0 unspecified atom stereocenters. The van der Waals surface area contributed by atoms with Crippen molar-refractivity contribution in [2.45, 2.75) is 13.0 Å². The summed E-state index contributed by atoms with van der Waals surface area (Å²) in [6, 6.07) is 13.9. The molecule has 152 valence electrons. The number of pyridine rings is 1. The van der Waals surface area contributed by atoms with Gasteiger partial charge in [0.15, 0.2) is 0 Å². The topological polar surface area (TPSA) is 75.9 Å². The highest BCUT2D eigenvalue weighted by Crippen LogP contribution is 2.23. The third-order valence-electron chi connectivity index (χ3n) is 4.57. The molecule has 7 nitrogen and oxygen atoms in total. The Labute approximate surface area is 179 Å². The highest BCUT2D eigenvalue weighted by molar-refractivity contribution is 7.13. The maximum Gasteiger partial charge on any atom is 0.231 e. The van der Waals surface area contributed by atoms with Crippen LogP contribution in [0, 0.1) is 0 Å². The molecule has 1 amide bonds. The predicted molar refractivity (Wildman–Crippen MR) is 120 cm³/mol. The number of thiazole rings is 1. The molecule has 0 saturated carbocycles. The monoisotopic (exact) mass is 418 g/mol. The average Bonchev–Trinajstić information content (AvgIpc) is 3.39. The van der Waals surface area contributed by atoms with Crippen molar-refractivity contribution in [1.29, 1.82) is 0 Å². The standard InChI is InChI=1S/C22H22N6OS/c1-27(2)19-7-5-16(6-8-19)14-28-20(9-11-24-28)26-21(29)12-18-15-30-22(25-18)17-4-3-10-23-13-17/h3-11,13,15H,12,14H2,1-2H3,(H,26,29). The molecule has 0 saturated heterocycles. The van der Waals surface area contributed by atoms with Crippen LogP contribution in [0.4, 0.5) is 11.5 Å². The molecule has 0 bridgehead atoms. The summed E-state index contributed by atoms with van der Waals surface area (Å²) in [5.41, 5.74) is 3.94. The fourth-order valence-corrected chi connectivity index (χ4v) is 3.81. The molecule has 0 radical (unpaired) electrons. The number of nitrogens with zero attached hydrogens (tertiary/aromatic N) is 5. The lowest BCUT2D eigenvalue weighted by molar-refractivity contribution is -0.115. The number of rotatable bonds is 7. The lowest BCUT2D eigenvalue weighted by atomic mass is 10.2. The van der Waals surface area contributed by atoms with Gasteiger partial charge in [-0.25, -0.2) is 9.67 Å². The van der Waals surface area contributed by atoms with E-state index in [1.54, 1.807) is 29.3 Å². The summed E-state index contributed by atoms with van der Waals surface area (Å²) in [6.07, 6.45) is 5.39. The second-order valence-electron chi connectivity index (χ2n) is 7.05. The van der Waals surface area contributed by atoms with Crippen molar-refractivity contribution < 1.29 is 4.79 Å². The van der Waals surface area contributed by atoms with Gasteiger partial charge in [0.25, 0.3) is 0 Å². The molecular formula is C22H22N6OS. The van der Waals surface area contributed by atoms with E-state index in [4.69, 9.17) is 0 Å². The van der Waals surface area contributed by atoms with Gasteiger partial charge >= 0.3 is 0 Å². The van der Waals surface area contributed by atoms with Gasteiger partial charge in [-0.2, -0.15) is 5.10 Å². The van der Waals surface area contributed by atoms with E-state index in [9.17, 15) is 4.79 Å². The number of carbonyl (C=O) groups excluding carboxylic acids is 1. The van der Waals surface area contributed by atoms with Gasteiger partial charge in [-0.05, 0) is 29.8 Å². The second kappa shape index (κ2) is 8.87. The maximum absolute atomic E-state index is 12.5. The van der Waals surface area contributed by atoms with Crippen LogP contribution in [0.15, 0.2) is 66.4 Å². The number of aromatic nitrogens is 4. The molecule has 0 aliphatic carbocycles. The van der Waals surface area contributed by atoms with E-state index in [1.807, 2.05) is 31.6 Å². The molecule has 8 heteroatoms. The fourth-order valence-electron chi connectivity index (χ4n) is 3.00. The number of amides is 1. The van der Waals surface area contributed by atoms with Gasteiger partial charge in [-0.15, -0.1) is 11.3 Å². The molecule has 0 aliphatic heterocycles. The van der Waals surface area contributed by atoms with E-state index in [0.717, 1.165) is 27.5 Å². The van der Waals surface area contributed by atoms with Crippen molar-refractivity contribution in [2.24, 2.45) is 0 Å². The van der Waals surface area contributed by atoms with Gasteiger partial charge in [0.2, 0.25) is 5.91 Å². The van der Waals surface area contributed by atoms with E-state index in [0.29, 0.717) is 12.4 Å². The van der Waals surface area contributed by atoms with Gasteiger partial charge in [-0.1, -0.05) is 12.1 Å². The molecule has 30 heavy (non-hydrogen) atoms. The van der Waals surface area contributed by atoms with Gasteiger partial charge in [0, 0.05) is 49.2 Å². The van der Waals surface area contributed by atoms with Gasteiger partial charge in [-0.3, -0.25) is 9.78 Å². The summed E-state index contributed by atoms with van der Waals surface area (Å²) in [5.74, 6) is 0.544. The van der Waals surface area contributed by atoms with Crippen LogP contribution < -0.4 is 10.2 Å². The predicted octanol–water partition coefficient (Wildman–Crippen LogP) is 3.70. The Morgan fingerprint density at radius 3 is 2.70 bits per heavy atom. The van der Waals surface area contributed by atoms with Gasteiger partial charge < -0.3 is 10.2 Å². The van der Waals surface area contributed by atoms with Crippen molar-refractivity contribution in [3.05, 3.63) is 77.7 Å². The first kappa shape index (κ1) is 19.8. The fraction of sp³-hybridized carbons (Fsp3) is 0.182. The van der Waals surface area contributed by atoms with Crippen LogP contribution in [0.2, 0.25) is 0 Å². The largest absolute Gasteiger partial charge is 0.378 e. The third-order valence-corrected chi connectivity index (χ3v) is 5.51. The number of nitrogens with one attached hydrogen (secondary N) is 1. The average molecular weight is 419 g/mol. The van der Waals surface area contributed by atoms with Gasteiger partial charge in [0.1, 0.15) is 10.8 Å². The minimum atomic E-state index is -0.122. The molecule has 0 atom stereocenters. The van der Waals surface area contributed by atoms with Crippen LogP contribution in [0.5, 0.6) is 0 Å². The van der Waals surface area contributed by atoms with Crippen LogP contribution in [0.25, 0.3) is 10.6 Å². The molecule has 4 rings (SSSR count). The molecule has 0 aliphatic rings. The maximum atomic E-state index is 12.5. The number of carbonyl (C=O) groups is 1. The minimum Gasteiger partial charge on any atom is -0.378 e. The number of hydrogen-bond donors (Lipinski definition) is 1. The zero-order valence-electron chi connectivity index (χ0n) is 16.8. The first-order valence-electron chi connectivity index (χ1n) is 9.51. The molecule has 4 aromatic rings. The molecule has 0 spiro atoms. The molecule has 3 heterocycles. The Morgan fingerprint density at radius 2 is 1.97 bits per heavy atom. The highest BCUT2D eigenvalue weighted by atomic mass is 32.1.